The highest BCUT2D eigenvalue weighted by Gasteiger charge is 2.39. The molecular weight excluding hydrogens is 272 g/mol. The standard InChI is InChI=1S/C16H26O5/c1-5-9-10-13(6-2)11-16(12-17,20-14(18)7-3)21-15(19)8-4/h7-8,13,17H,3-6,9-12H2,1-2H3. The summed E-state index contributed by atoms with van der Waals surface area (Å²) in [6, 6.07) is 0. The molecule has 0 heterocycles. The second-order valence-electron chi connectivity index (χ2n) is 4.94. The molecule has 0 saturated carbocycles. The molecule has 0 amide bonds. The lowest BCUT2D eigenvalue weighted by molar-refractivity contribution is -0.241. The zero-order valence-electron chi connectivity index (χ0n) is 13.0. The molecule has 120 valence electrons. The zero-order valence-corrected chi connectivity index (χ0v) is 13.0. The fourth-order valence-corrected chi connectivity index (χ4v) is 2.07. The second kappa shape index (κ2) is 10.2. The number of carbonyl (C=O) groups excluding carboxylic acids is 2. The van der Waals surface area contributed by atoms with Gasteiger partial charge in [0, 0.05) is 18.6 Å². The van der Waals surface area contributed by atoms with Crippen molar-refractivity contribution in [3.8, 4) is 0 Å². The summed E-state index contributed by atoms with van der Waals surface area (Å²) < 4.78 is 10.2. The lowest BCUT2D eigenvalue weighted by Crippen LogP contribution is -2.44. The van der Waals surface area contributed by atoms with Crippen molar-refractivity contribution in [1.82, 2.24) is 0 Å². The number of ether oxygens (including phenoxy) is 2. The maximum atomic E-state index is 11.5. The van der Waals surface area contributed by atoms with Gasteiger partial charge in [-0.1, -0.05) is 52.7 Å². The van der Waals surface area contributed by atoms with Crippen LogP contribution in [-0.4, -0.2) is 29.4 Å². The summed E-state index contributed by atoms with van der Waals surface area (Å²) >= 11 is 0. The van der Waals surface area contributed by atoms with Gasteiger partial charge in [-0.05, 0) is 5.92 Å². The zero-order chi connectivity index (χ0) is 16.3. The largest absolute Gasteiger partial charge is 0.417 e. The number of carbonyl (C=O) groups is 2. The smallest absolute Gasteiger partial charge is 0.333 e. The first-order valence-corrected chi connectivity index (χ1v) is 7.28. The van der Waals surface area contributed by atoms with Gasteiger partial charge in [-0.2, -0.15) is 0 Å². The van der Waals surface area contributed by atoms with Crippen LogP contribution in [0.5, 0.6) is 0 Å². The van der Waals surface area contributed by atoms with Crippen molar-refractivity contribution < 1.29 is 24.2 Å². The minimum atomic E-state index is -1.68. The molecule has 1 unspecified atom stereocenters. The van der Waals surface area contributed by atoms with Gasteiger partial charge < -0.3 is 14.6 Å². The quantitative estimate of drug-likeness (QED) is 0.361. The second-order valence-corrected chi connectivity index (χ2v) is 4.94. The van der Waals surface area contributed by atoms with E-state index in [-0.39, 0.29) is 12.3 Å². The van der Waals surface area contributed by atoms with Gasteiger partial charge in [-0.25, -0.2) is 9.59 Å². The number of rotatable bonds is 11. The maximum absolute atomic E-state index is 11.5. The normalized spacial score (nSPS) is 12.3. The van der Waals surface area contributed by atoms with Crippen molar-refractivity contribution in [2.45, 2.75) is 51.7 Å². The molecule has 1 atom stereocenters. The predicted molar refractivity (Wildman–Crippen MR) is 80.3 cm³/mol. The van der Waals surface area contributed by atoms with Crippen LogP contribution in [0, 0.1) is 5.92 Å². The van der Waals surface area contributed by atoms with Gasteiger partial charge >= 0.3 is 11.9 Å². The van der Waals surface area contributed by atoms with Crippen molar-refractivity contribution in [1.29, 1.82) is 0 Å². The Balaban J connectivity index is 5.12. The van der Waals surface area contributed by atoms with E-state index in [4.69, 9.17) is 9.47 Å². The molecule has 5 heteroatoms. The van der Waals surface area contributed by atoms with Crippen LogP contribution in [0.2, 0.25) is 0 Å². The Morgan fingerprint density at radius 2 is 1.71 bits per heavy atom. The van der Waals surface area contributed by atoms with Crippen LogP contribution < -0.4 is 0 Å². The number of hydrogen-bond acceptors (Lipinski definition) is 5. The van der Waals surface area contributed by atoms with Gasteiger partial charge in [0.05, 0.1) is 0 Å². The summed E-state index contributed by atoms with van der Waals surface area (Å²) in [5.41, 5.74) is 0. The highest BCUT2D eigenvalue weighted by molar-refractivity contribution is 5.83. The molecule has 1 N–H and O–H groups in total. The molecule has 21 heavy (non-hydrogen) atoms. The first-order valence-electron chi connectivity index (χ1n) is 7.28. The van der Waals surface area contributed by atoms with Crippen molar-refractivity contribution >= 4 is 11.9 Å². The summed E-state index contributed by atoms with van der Waals surface area (Å²) in [4.78, 5) is 22.9. The van der Waals surface area contributed by atoms with E-state index in [9.17, 15) is 14.7 Å². The molecule has 0 aromatic rings. The molecule has 0 saturated heterocycles. The molecule has 0 fully saturated rings. The molecule has 0 aliphatic rings. The Hall–Kier alpha value is -1.62. The van der Waals surface area contributed by atoms with Crippen LogP contribution in [0.3, 0.4) is 0 Å². The van der Waals surface area contributed by atoms with Crippen LogP contribution >= 0.6 is 0 Å². The fourth-order valence-electron chi connectivity index (χ4n) is 2.07. The monoisotopic (exact) mass is 298 g/mol. The number of aliphatic hydroxyl groups is 1. The lowest BCUT2D eigenvalue weighted by atomic mass is 9.91. The minimum Gasteiger partial charge on any atom is -0.417 e. The van der Waals surface area contributed by atoms with E-state index in [1.807, 2.05) is 6.92 Å². The first kappa shape index (κ1) is 19.4. The first-order chi connectivity index (χ1) is 9.96. The third kappa shape index (κ3) is 7.09. The highest BCUT2D eigenvalue weighted by atomic mass is 16.7. The van der Waals surface area contributed by atoms with Gasteiger partial charge in [-0.3, -0.25) is 0 Å². The Labute approximate surface area is 126 Å². The maximum Gasteiger partial charge on any atom is 0.333 e. The molecule has 5 nitrogen and oxygen atoms in total. The molecule has 0 aliphatic carbocycles. The van der Waals surface area contributed by atoms with E-state index in [2.05, 4.69) is 20.1 Å². The molecule has 0 aliphatic heterocycles. The third-order valence-electron chi connectivity index (χ3n) is 3.29. The van der Waals surface area contributed by atoms with Crippen molar-refractivity contribution in [2.75, 3.05) is 6.61 Å². The molecule has 0 radical (unpaired) electrons. The van der Waals surface area contributed by atoms with Gasteiger partial charge in [-0.15, -0.1) is 0 Å². The Morgan fingerprint density at radius 1 is 1.19 bits per heavy atom. The Morgan fingerprint density at radius 3 is 2.05 bits per heavy atom. The molecule has 0 aromatic heterocycles. The average molecular weight is 298 g/mol. The number of unbranched alkanes of at least 4 members (excludes halogenated alkanes) is 1. The Bertz CT molecular complexity index is 340. The summed E-state index contributed by atoms with van der Waals surface area (Å²) in [7, 11) is 0. The third-order valence-corrected chi connectivity index (χ3v) is 3.29. The predicted octanol–water partition coefficient (Wildman–Crippen LogP) is 2.74. The van der Waals surface area contributed by atoms with Crippen molar-refractivity contribution in [3.63, 3.8) is 0 Å². The molecule has 0 rings (SSSR count). The molecular formula is C16H26O5. The number of esters is 2. The van der Waals surface area contributed by atoms with E-state index < -0.39 is 24.3 Å². The Kier molecular flexibility index (Phi) is 9.37. The van der Waals surface area contributed by atoms with Crippen LogP contribution in [0.1, 0.15) is 46.0 Å². The number of aliphatic hydroxyl groups excluding tert-OH is 1. The summed E-state index contributed by atoms with van der Waals surface area (Å²) in [6.45, 7) is 10.1. The number of hydrogen-bond donors (Lipinski definition) is 1. The van der Waals surface area contributed by atoms with Gasteiger partial charge in [0.25, 0.3) is 5.79 Å². The molecule has 0 bridgehead atoms. The van der Waals surface area contributed by atoms with E-state index in [1.165, 1.54) is 0 Å². The van der Waals surface area contributed by atoms with Crippen LogP contribution in [0.25, 0.3) is 0 Å². The van der Waals surface area contributed by atoms with Crippen LogP contribution in [0.4, 0.5) is 0 Å². The SMILES string of the molecule is C=CC(=O)OC(CO)(CC(CC)CCCC)OC(=O)C=C. The van der Waals surface area contributed by atoms with E-state index >= 15 is 0 Å². The van der Waals surface area contributed by atoms with Gasteiger partial charge in [0.2, 0.25) is 0 Å². The van der Waals surface area contributed by atoms with Crippen LogP contribution in [-0.2, 0) is 19.1 Å². The highest BCUT2D eigenvalue weighted by Crippen LogP contribution is 2.29. The average Bonchev–Trinajstić information content (AvgIpc) is 2.50. The summed E-state index contributed by atoms with van der Waals surface area (Å²) in [5, 5.41) is 9.61. The lowest BCUT2D eigenvalue weighted by Gasteiger charge is -2.33. The van der Waals surface area contributed by atoms with E-state index in [1.54, 1.807) is 0 Å². The summed E-state index contributed by atoms with van der Waals surface area (Å²) in [5.74, 6) is -2.99. The summed E-state index contributed by atoms with van der Waals surface area (Å²) in [6.07, 6.45) is 5.99. The van der Waals surface area contributed by atoms with Crippen molar-refractivity contribution in [2.24, 2.45) is 5.92 Å². The topological polar surface area (TPSA) is 72.8 Å². The van der Waals surface area contributed by atoms with E-state index in [0.717, 1.165) is 37.8 Å². The molecule has 0 aromatic carbocycles. The minimum absolute atomic E-state index is 0.173. The van der Waals surface area contributed by atoms with Crippen molar-refractivity contribution in [3.05, 3.63) is 25.3 Å². The van der Waals surface area contributed by atoms with Crippen LogP contribution in [0.15, 0.2) is 25.3 Å². The fraction of sp³-hybridized carbons (Fsp3) is 0.625. The van der Waals surface area contributed by atoms with E-state index in [0.29, 0.717) is 0 Å². The molecule has 0 spiro atoms. The van der Waals surface area contributed by atoms with Gasteiger partial charge in [0.15, 0.2) is 0 Å². The van der Waals surface area contributed by atoms with Gasteiger partial charge in [0.1, 0.15) is 6.61 Å².